The molecular weight excluding hydrogens is 1450 g/mol. The molecule has 0 unspecified atom stereocenters. The number of carboxylic acids is 1. The van der Waals surface area contributed by atoms with Gasteiger partial charge in [-0.15, -0.1) is 0 Å². The molecular formula is C83H76F9N9O10. The van der Waals surface area contributed by atoms with E-state index in [4.69, 9.17) is 18.7 Å². The molecule has 0 spiro atoms. The van der Waals surface area contributed by atoms with Crippen LogP contribution in [0.4, 0.5) is 39.5 Å². The van der Waals surface area contributed by atoms with Gasteiger partial charge in [0.15, 0.2) is 0 Å². The lowest BCUT2D eigenvalue weighted by Gasteiger charge is -2.19. The van der Waals surface area contributed by atoms with Crippen LogP contribution in [0.25, 0.3) is 102 Å². The summed E-state index contributed by atoms with van der Waals surface area (Å²) in [5, 5.41) is 79.9. The quantitative estimate of drug-likeness (QED) is 0.0239. The van der Waals surface area contributed by atoms with Gasteiger partial charge in [0.05, 0.1) is 39.9 Å². The molecule has 9 aromatic carbocycles. The zero-order chi connectivity index (χ0) is 80.7. The van der Waals surface area contributed by atoms with Crippen molar-refractivity contribution >= 4 is 5.97 Å². The van der Waals surface area contributed by atoms with Gasteiger partial charge in [0, 0.05) is 40.4 Å². The molecule has 12 aromatic rings. The third-order valence-corrected chi connectivity index (χ3v) is 18.4. The first kappa shape index (κ1) is 81.1. The maximum Gasteiger partial charge on any atom is 0.417 e. The fourth-order valence-corrected chi connectivity index (χ4v) is 12.1. The number of carbonyl (C=O) groups is 1. The summed E-state index contributed by atoms with van der Waals surface area (Å²) >= 11 is 0. The maximum absolute atomic E-state index is 14.0. The molecule has 0 bridgehead atoms. The van der Waals surface area contributed by atoms with Gasteiger partial charge < -0.3 is 54.8 Å². The summed E-state index contributed by atoms with van der Waals surface area (Å²) in [4.78, 5) is 23.8. The topological polar surface area (TPSA) is 291 Å². The van der Waals surface area contributed by atoms with Gasteiger partial charge in [-0.25, -0.2) is 0 Å². The molecule has 3 aromatic heterocycles. The van der Waals surface area contributed by atoms with Gasteiger partial charge in [-0.3, -0.25) is 10.1 Å². The molecule has 3 heterocycles. The van der Waals surface area contributed by atoms with E-state index in [1.165, 1.54) is 61.5 Å². The van der Waals surface area contributed by atoms with Crippen molar-refractivity contribution in [2.45, 2.75) is 117 Å². The first-order valence-corrected chi connectivity index (χ1v) is 34.5. The molecule has 19 nitrogen and oxygen atoms in total. The van der Waals surface area contributed by atoms with E-state index in [2.05, 4.69) is 59.5 Å². The van der Waals surface area contributed by atoms with Crippen LogP contribution in [0.3, 0.4) is 0 Å². The number of phenolic OH excluding ortho intramolecular Hbond substituents is 3. The minimum atomic E-state index is -4.68. The van der Waals surface area contributed by atoms with E-state index in [1.54, 1.807) is 120 Å². The van der Waals surface area contributed by atoms with Gasteiger partial charge in [0.25, 0.3) is 17.7 Å². The van der Waals surface area contributed by atoms with E-state index in [1.807, 2.05) is 38.1 Å². The SMILES string of the molecule is C=C(O)[C@@H](C)N[C@H](C)c1ccc(-c2noc(-c3cc(C(F)(F)F)c(-c4ccccc4C)cc3O)n2)cc1.C=C(O)[C@@H](C)N[C@H](C)c1ccc(-c2noc(-c3ccc(-c4ccc(O)cc4C)c(C(F)(F)F)c3)n2)cc1.Cc1ccccc1-c1ccc(-c2nc(-c3ccc([C@@H](C)N[C@H](C)C(=O)O)cc3O)no2)cc1C(F)(F)F. The Balaban J connectivity index is 0.000000177. The van der Waals surface area contributed by atoms with E-state index in [0.29, 0.717) is 50.1 Å². The number of halogens is 9. The Hall–Kier alpha value is -12.4. The maximum atomic E-state index is 14.0. The smallest absolute Gasteiger partial charge is 0.417 e. The van der Waals surface area contributed by atoms with Gasteiger partial charge >= 0.3 is 24.5 Å². The molecule has 0 aliphatic carbocycles. The van der Waals surface area contributed by atoms with Crippen LogP contribution in [-0.4, -0.2) is 85.2 Å². The summed E-state index contributed by atoms with van der Waals surface area (Å²) in [6.45, 7) is 22.9. The van der Waals surface area contributed by atoms with Gasteiger partial charge in [0.2, 0.25) is 17.5 Å². The second kappa shape index (κ2) is 33.6. The Labute approximate surface area is 631 Å². The average molecular weight is 1530 g/mol. The molecule has 0 aliphatic heterocycles. The number of aromatic hydroxyl groups is 3. The standard InChI is InChI=1S/2C28H26F3N3O3.C27H24F3N3O4/c1-15-13-22(36)10-12-23(15)24-11-9-21(14-25(24)28(29,30)31)27-33-26(34-37-27)20-7-5-19(6-8-20)17(3)32-16(2)18(4)35;1-15-7-5-6-8-21(15)22-14-25(36)23(13-24(22)28(29,30)31)27-33-26(34-37-27)20-11-9-19(10-12-20)17(3)32-16(2)18(4)35;1-14-6-4-5-7-19(14)20-10-9-18(12-22(20)27(28,29)30)25-32-24(33-37-25)21-11-8-17(13-23(21)34)15(2)31-16(3)26(35)36/h2*5-14,16-17,32,35-36H,4H2,1-3H3;4-13,15-16,31,34H,1-3H3,(H,35,36)/t2*16-,17-;15-,16-/m111/s1. The number of aliphatic carboxylic acids is 1. The van der Waals surface area contributed by atoms with Crippen molar-refractivity contribution < 1.29 is 88.5 Å². The Bertz CT molecular complexity index is 5350. The summed E-state index contributed by atoms with van der Waals surface area (Å²) < 4.78 is 142. The largest absolute Gasteiger partial charge is 0.511 e. The normalized spacial score (nSPS) is 13.4. The zero-order valence-corrected chi connectivity index (χ0v) is 61.1. The number of carboxylic acid groups (broad SMARTS) is 1. The number of nitrogens with one attached hydrogen (secondary N) is 3. The minimum absolute atomic E-state index is 0.00453. The van der Waals surface area contributed by atoms with Crippen molar-refractivity contribution in [2.24, 2.45) is 0 Å². The highest BCUT2D eigenvalue weighted by atomic mass is 19.4. The number of rotatable bonds is 21. The van der Waals surface area contributed by atoms with Crippen LogP contribution in [0.2, 0.25) is 0 Å². The summed E-state index contributed by atoms with van der Waals surface area (Å²) in [7, 11) is 0. The van der Waals surface area contributed by atoms with Gasteiger partial charge in [-0.2, -0.15) is 54.5 Å². The summed E-state index contributed by atoms with van der Waals surface area (Å²) in [5.74, 6) is -1.55. The van der Waals surface area contributed by atoms with Gasteiger partial charge in [-0.05, 0) is 190 Å². The Morgan fingerprint density at radius 2 is 0.730 bits per heavy atom. The van der Waals surface area contributed by atoms with Gasteiger partial charge in [0.1, 0.15) is 34.8 Å². The highest BCUT2D eigenvalue weighted by Gasteiger charge is 2.38. The summed E-state index contributed by atoms with van der Waals surface area (Å²) in [6, 6.07) is 44.6. The van der Waals surface area contributed by atoms with Crippen molar-refractivity contribution in [3.05, 3.63) is 257 Å². The first-order valence-electron chi connectivity index (χ1n) is 34.5. The molecule has 111 heavy (non-hydrogen) atoms. The lowest BCUT2D eigenvalue weighted by atomic mass is 9.93. The van der Waals surface area contributed by atoms with Crippen LogP contribution in [0.15, 0.2) is 220 Å². The molecule has 0 radical (unpaired) electrons. The number of aliphatic hydroxyl groups is 2. The molecule has 576 valence electrons. The second-order valence-corrected chi connectivity index (χ2v) is 26.5. The molecule has 6 atom stereocenters. The first-order chi connectivity index (χ1) is 52.3. The second-order valence-electron chi connectivity index (χ2n) is 26.5. The minimum Gasteiger partial charge on any atom is -0.511 e. The Morgan fingerprint density at radius 3 is 1.17 bits per heavy atom. The monoisotopic (exact) mass is 1530 g/mol. The summed E-state index contributed by atoms with van der Waals surface area (Å²) in [6.07, 6.45) is -13.9. The molecule has 9 N–H and O–H groups in total. The number of alkyl halides is 9. The fraction of sp³-hybridized carbons (Fsp3) is 0.217. The van der Waals surface area contributed by atoms with Crippen molar-refractivity contribution in [2.75, 3.05) is 0 Å². The predicted octanol–water partition coefficient (Wildman–Crippen LogP) is 20.7. The number of hydrogen-bond donors (Lipinski definition) is 9. The van der Waals surface area contributed by atoms with Crippen LogP contribution >= 0.6 is 0 Å². The van der Waals surface area contributed by atoms with Crippen molar-refractivity contribution in [3.8, 4) is 119 Å². The molecule has 12 rings (SSSR count). The van der Waals surface area contributed by atoms with Crippen LogP contribution in [-0.2, 0) is 23.3 Å². The third-order valence-electron chi connectivity index (χ3n) is 18.4. The molecule has 0 saturated heterocycles. The van der Waals surface area contributed by atoms with E-state index < -0.39 is 53.0 Å². The Morgan fingerprint density at radius 1 is 0.369 bits per heavy atom. The van der Waals surface area contributed by atoms with Crippen LogP contribution in [0, 0.1) is 20.8 Å². The molecule has 0 amide bonds. The number of hydrogen-bond acceptors (Lipinski definition) is 18. The molecule has 0 saturated carbocycles. The highest BCUT2D eigenvalue weighted by molar-refractivity contribution is 5.80. The highest BCUT2D eigenvalue weighted by Crippen LogP contribution is 2.46. The number of nitrogens with zero attached hydrogens (tertiary/aromatic N) is 6. The third kappa shape index (κ3) is 19.4. The fourth-order valence-electron chi connectivity index (χ4n) is 12.1. The molecule has 28 heteroatoms. The number of benzene rings is 9. The van der Waals surface area contributed by atoms with E-state index >= 15 is 0 Å². The average Bonchev–Trinajstić information content (AvgIpc) is 1.77. The van der Waals surface area contributed by atoms with E-state index in [0.717, 1.165) is 35.4 Å². The predicted molar refractivity (Wildman–Crippen MR) is 400 cm³/mol. The number of aryl methyl sites for hydroxylation is 3. The van der Waals surface area contributed by atoms with E-state index in [-0.39, 0.29) is 127 Å². The van der Waals surface area contributed by atoms with E-state index in [9.17, 15) is 69.8 Å². The lowest BCUT2D eigenvalue weighted by molar-refractivity contribution is -0.139. The van der Waals surface area contributed by atoms with Crippen LogP contribution in [0.5, 0.6) is 17.2 Å². The Kier molecular flexibility index (Phi) is 24.6. The van der Waals surface area contributed by atoms with Crippen molar-refractivity contribution in [3.63, 3.8) is 0 Å². The number of phenols is 3. The van der Waals surface area contributed by atoms with Gasteiger partial charge in [-0.1, -0.05) is 150 Å². The molecule has 0 aliphatic rings. The zero-order valence-electron chi connectivity index (χ0n) is 61.1. The lowest BCUT2D eigenvalue weighted by Crippen LogP contribution is -2.35. The summed E-state index contributed by atoms with van der Waals surface area (Å²) in [5.41, 5.74) is 4.33. The molecule has 0 fully saturated rings. The van der Waals surface area contributed by atoms with Crippen molar-refractivity contribution in [1.29, 1.82) is 0 Å². The van der Waals surface area contributed by atoms with Crippen LogP contribution in [0.1, 0.15) is 110 Å². The van der Waals surface area contributed by atoms with Crippen molar-refractivity contribution in [1.82, 2.24) is 46.4 Å². The number of aromatic nitrogens is 6. The van der Waals surface area contributed by atoms with Crippen LogP contribution < -0.4 is 16.0 Å². The number of aliphatic hydroxyl groups excluding tert-OH is 2.